The summed E-state index contributed by atoms with van der Waals surface area (Å²) >= 11 is 11.7. The molecule has 0 unspecified atom stereocenters. The van der Waals surface area contributed by atoms with E-state index in [-0.39, 0.29) is 18.7 Å². The second-order valence-electron chi connectivity index (χ2n) is 5.25. The van der Waals surface area contributed by atoms with E-state index in [1.54, 1.807) is 36.4 Å². The number of benzene rings is 2. The Morgan fingerprint density at radius 1 is 0.808 bits per heavy atom. The summed E-state index contributed by atoms with van der Waals surface area (Å²) in [6.07, 6.45) is -0.231. The van der Waals surface area contributed by atoms with E-state index in [2.05, 4.69) is 10.6 Å². The fourth-order valence-corrected chi connectivity index (χ4v) is 2.25. The zero-order chi connectivity index (χ0) is 18.9. The van der Waals surface area contributed by atoms with Crippen molar-refractivity contribution in [3.63, 3.8) is 0 Å². The van der Waals surface area contributed by atoms with E-state index in [0.717, 1.165) is 0 Å². The van der Waals surface area contributed by atoms with Crippen LogP contribution in [-0.4, -0.2) is 24.4 Å². The third kappa shape index (κ3) is 6.74. The summed E-state index contributed by atoms with van der Waals surface area (Å²) in [7, 11) is 0. The van der Waals surface area contributed by atoms with E-state index in [1.165, 1.54) is 6.07 Å². The van der Waals surface area contributed by atoms with Gasteiger partial charge in [0.25, 0.3) is 5.91 Å². The highest BCUT2D eigenvalue weighted by Gasteiger charge is 2.11. The number of ether oxygens (including phenoxy) is 1. The number of para-hydroxylation sites is 1. The third-order valence-corrected chi connectivity index (χ3v) is 3.92. The van der Waals surface area contributed by atoms with Gasteiger partial charge in [-0.15, -0.1) is 0 Å². The molecule has 8 heteroatoms. The summed E-state index contributed by atoms with van der Waals surface area (Å²) in [6, 6.07) is 13.5. The van der Waals surface area contributed by atoms with Gasteiger partial charge in [0, 0.05) is 17.8 Å². The second kappa shape index (κ2) is 9.79. The number of nitrogens with one attached hydrogen (secondary N) is 2. The van der Waals surface area contributed by atoms with Crippen LogP contribution in [0.3, 0.4) is 0 Å². The standard InChI is InChI=1S/C18H16Cl2N2O4/c19-14-7-6-13(10-15(14)20)22-16(23)8-9-18(25)26-11-17(24)21-12-4-2-1-3-5-12/h1-7,10H,8-9,11H2,(H,21,24)(H,22,23). The monoisotopic (exact) mass is 394 g/mol. The molecule has 0 aromatic heterocycles. The van der Waals surface area contributed by atoms with Gasteiger partial charge in [0.1, 0.15) is 0 Å². The second-order valence-corrected chi connectivity index (χ2v) is 6.07. The number of carbonyl (C=O) groups is 3. The lowest BCUT2D eigenvalue weighted by Crippen LogP contribution is -2.21. The number of amides is 2. The van der Waals surface area contributed by atoms with E-state index in [1.807, 2.05) is 6.07 Å². The van der Waals surface area contributed by atoms with Gasteiger partial charge < -0.3 is 15.4 Å². The number of hydrogen-bond donors (Lipinski definition) is 2. The molecule has 2 amide bonds. The first kappa shape index (κ1) is 19.8. The van der Waals surface area contributed by atoms with Gasteiger partial charge in [-0.1, -0.05) is 41.4 Å². The van der Waals surface area contributed by atoms with Crippen molar-refractivity contribution in [2.45, 2.75) is 12.8 Å². The molecule has 0 spiro atoms. The molecule has 2 aromatic rings. The van der Waals surface area contributed by atoms with E-state index < -0.39 is 18.5 Å². The van der Waals surface area contributed by atoms with Crippen LogP contribution in [-0.2, 0) is 19.1 Å². The smallest absolute Gasteiger partial charge is 0.306 e. The first-order valence-electron chi connectivity index (χ1n) is 7.69. The normalized spacial score (nSPS) is 10.1. The summed E-state index contributed by atoms with van der Waals surface area (Å²) in [5, 5.41) is 5.87. The van der Waals surface area contributed by atoms with Gasteiger partial charge in [-0.25, -0.2) is 0 Å². The highest BCUT2D eigenvalue weighted by molar-refractivity contribution is 6.42. The molecule has 0 radical (unpaired) electrons. The van der Waals surface area contributed by atoms with Crippen LogP contribution in [0.1, 0.15) is 12.8 Å². The van der Waals surface area contributed by atoms with Crippen molar-refractivity contribution < 1.29 is 19.1 Å². The number of rotatable bonds is 7. The molecule has 0 aliphatic carbocycles. The Bertz CT molecular complexity index is 797. The van der Waals surface area contributed by atoms with E-state index >= 15 is 0 Å². The Morgan fingerprint density at radius 3 is 2.19 bits per heavy atom. The average Bonchev–Trinajstić information content (AvgIpc) is 2.62. The fraction of sp³-hybridized carbons (Fsp3) is 0.167. The molecule has 0 heterocycles. The molecule has 2 aromatic carbocycles. The maximum absolute atomic E-state index is 11.8. The Morgan fingerprint density at radius 2 is 1.50 bits per heavy atom. The molecular weight excluding hydrogens is 379 g/mol. The van der Waals surface area contributed by atoms with Gasteiger partial charge in [-0.2, -0.15) is 0 Å². The Hall–Kier alpha value is -2.57. The SMILES string of the molecule is O=C(CCC(=O)OCC(=O)Nc1ccccc1)Nc1ccc(Cl)c(Cl)c1. The quantitative estimate of drug-likeness (QED) is 0.697. The number of anilines is 2. The van der Waals surface area contributed by atoms with E-state index in [0.29, 0.717) is 21.4 Å². The molecule has 2 N–H and O–H groups in total. The summed E-state index contributed by atoms with van der Waals surface area (Å²) in [4.78, 5) is 35.1. The minimum absolute atomic E-state index is 0.0839. The molecule has 0 atom stereocenters. The molecule has 0 aliphatic rings. The summed E-state index contributed by atoms with van der Waals surface area (Å²) in [5.74, 6) is -1.48. The molecule has 0 saturated carbocycles. The molecular formula is C18H16Cl2N2O4. The summed E-state index contributed by atoms with van der Waals surface area (Å²) in [6.45, 7) is -0.415. The number of halogens is 2. The van der Waals surface area contributed by atoms with Gasteiger partial charge in [0.15, 0.2) is 6.61 Å². The third-order valence-electron chi connectivity index (χ3n) is 3.18. The van der Waals surface area contributed by atoms with Crippen molar-refractivity contribution in [3.8, 4) is 0 Å². The molecule has 6 nitrogen and oxygen atoms in total. The van der Waals surface area contributed by atoms with Gasteiger partial charge in [-0.3, -0.25) is 14.4 Å². The largest absolute Gasteiger partial charge is 0.456 e. The lowest BCUT2D eigenvalue weighted by atomic mass is 10.2. The first-order valence-corrected chi connectivity index (χ1v) is 8.45. The van der Waals surface area contributed by atoms with Gasteiger partial charge in [0.05, 0.1) is 16.5 Å². The minimum atomic E-state index is -0.641. The van der Waals surface area contributed by atoms with Crippen LogP contribution in [0.5, 0.6) is 0 Å². The highest BCUT2D eigenvalue weighted by atomic mass is 35.5. The number of hydrogen-bond acceptors (Lipinski definition) is 4. The van der Waals surface area contributed by atoms with E-state index in [9.17, 15) is 14.4 Å². The maximum Gasteiger partial charge on any atom is 0.306 e. The maximum atomic E-state index is 11.8. The lowest BCUT2D eigenvalue weighted by molar-refractivity contribution is -0.147. The molecule has 2 rings (SSSR count). The number of carbonyl (C=O) groups excluding carboxylic acids is 3. The van der Waals surface area contributed by atoms with Crippen molar-refractivity contribution in [2.75, 3.05) is 17.2 Å². The van der Waals surface area contributed by atoms with Crippen molar-refractivity contribution in [3.05, 3.63) is 58.6 Å². The first-order chi connectivity index (χ1) is 12.4. The topological polar surface area (TPSA) is 84.5 Å². The molecule has 136 valence electrons. The van der Waals surface area contributed by atoms with Gasteiger partial charge in [0.2, 0.25) is 5.91 Å². The van der Waals surface area contributed by atoms with Crippen LogP contribution >= 0.6 is 23.2 Å². The Labute approximate surface area is 160 Å². The van der Waals surface area contributed by atoms with Crippen molar-refractivity contribution in [1.29, 1.82) is 0 Å². The predicted molar refractivity (Wildman–Crippen MR) is 100 cm³/mol. The van der Waals surface area contributed by atoms with Crippen LogP contribution in [0.25, 0.3) is 0 Å². The molecule has 0 saturated heterocycles. The van der Waals surface area contributed by atoms with Crippen LogP contribution in [0, 0.1) is 0 Å². The van der Waals surface area contributed by atoms with Crippen LogP contribution in [0.15, 0.2) is 48.5 Å². The van der Waals surface area contributed by atoms with E-state index in [4.69, 9.17) is 27.9 Å². The minimum Gasteiger partial charge on any atom is -0.456 e. The van der Waals surface area contributed by atoms with Crippen LogP contribution in [0.4, 0.5) is 11.4 Å². The van der Waals surface area contributed by atoms with Crippen LogP contribution < -0.4 is 10.6 Å². The van der Waals surface area contributed by atoms with Gasteiger partial charge in [-0.05, 0) is 30.3 Å². The molecule has 0 bridgehead atoms. The molecule has 0 aliphatic heterocycles. The Kier molecular flexibility index (Phi) is 7.44. The predicted octanol–water partition coefficient (Wildman–Crippen LogP) is 3.89. The van der Waals surface area contributed by atoms with Crippen molar-refractivity contribution in [2.24, 2.45) is 0 Å². The zero-order valence-electron chi connectivity index (χ0n) is 13.6. The molecule has 26 heavy (non-hydrogen) atoms. The lowest BCUT2D eigenvalue weighted by Gasteiger charge is -2.07. The fourth-order valence-electron chi connectivity index (χ4n) is 1.95. The zero-order valence-corrected chi connectivity index (χ0v) is 15.1. The number of esters is 1. The van der Waals surface area contributed by atoms with Crippen molar-refractivity contribution >= 4 is 52.4 Å². The van der Waals surface area contributed by atoms with Gasteiger partial charge >= 0.3 is 5.97 Å². The van der Waals surface area contributed by atoms with Crippen LogP contribution in [0.2, 0.25) is 10.0 Å². The Balaban J connectivity index is 1.68. The summed E-state index contributed by atoms with van der Waals surface area (Å²) < 4.78 is 4.84. The average molecular weight is 395 g/mol. The molecule has 0 fully saturated rings. The van der Waals surface area contributed by atoms with Crippen molar-refractivity contribution in [1.82, 2.24) is 0 Å². The summed E-state index contributed by atoms with van der Waals surface area (Å²) in [5.41, 5.74) is 1.08. The highest BCUT2D eigenvalue weighted by Crippen LogP contribution is 2.25.